The van der Waals surface area contributed by atoms with Gasteiger partial charge in [-0.15, -0.1) is 5.10 Å². The summed E-state index contributed by atoms with van der Waals surface area (Å²) in [7, 11) is 0. The molecule has 9 heteroatoms. The Labute approximate surface area is 196 Å². The van der Waals surface area contributed by atoms with E-state index >= 15 is 0 Å². The van der Waals surface area contributed by atoms with E-state index in [1.54, 1.807) is 12.4 Å². The molecule has 5 aromatic heterocycles. The van der Waals surface area contributed by atoms with E-state index in [-0.39, 0.29) is 6.10 Å². The number of piperidine rings is 1. The van der Waals surface area contributed by atoms with Gasteiger partial charge in [-0.25, -0.2) is 14.5 Å². The molecule has 5 aromatic rings. The van der Waals surface area contributed by atoms with Crippen LogP contribution in [-0.4, -0.2) is 55.6 Å². The first kappa shape index (κ1) is 20.5. The van der Waals surface area contributed by atoms with Crippen molar-refractivity contribution in [2.75, 3.05) is 24.6 Å². The normalized spacial score (nSPS) is 14.7. The largest absolute Gasteiger partial charge is 0.492 e. The standard InChI is InChI=1S/C25H25N7O2/c1-2-33-19-13-20(24-21-15-28-29-25(21)30-32(24)16-19)17-6-7-22(27-14-17)31-11-8-18(9-12-31)34-23-5-3-4-10-26-23/h3-7,10,13-16,18H,2,8-9,11-12H2,1H3,(H,29,30). The Balaban J connectivity index is 1.23. The number of anilines is 1. The van der Waals surface area contributed by atoms with Gasteiger partial charge in [-0.2, -0.15) is 5.10 Å². The van der Waals surface area contributed by atoms with Crippen LogP contribution in [0.3, 0.4) is 0 Å². The SMILES string of the molecule is CCOc1cc(-c2ccc(N3CCC(Oc4ccccn4)CC3)nc2)c2c3cn[nH]c3nn2c1. The monoisotopic (exact) mass is 455 g/mol. The number of nitrogens with zero attached hydrogens (tertiary/aromatic N) is 6. The van der Waals surface area contributed by atoms with E-state index in [0.717, 1.165) is 65.2 Å². The Bertz CT molecular complexity index is 1400. The van der Waals surface area contributed by atoms with Crippen LogP contribution in [0.25, 0.3) is 27.7 Å². The van der Waals surface area contributed by atoms with Crippen molar-refractivity contribution in [3.05, 3.63) is 61.2 Å². The van der Waals surface area contributed by atoms with Gasteiger partial charge in [-0.1, -0.05) is 6.07 Å². The van der Waals surface area contributed by atoms with Gasteiger partial charge in [0.05, 0.1) is 29.9 Å². The van der Waals surface area contributed by atoms with Gasteiger partial charge in [0.2, 0.25) is 5.88 Å². The smallest absolute Gasteiger partial charge is 0.213 e. The number of hydrogen-bond acceptors (Lipinski definition) is 7. The average molecular weight is 456 g/mol. The fraction of sp³-hybridized carbons (Fsp3) is 0.280. The number of pyridine rings is 3. The number of aromatic amines is 1. The fourth-order valence-electron chi connectivity index (χ4n) is 4.53. The summed E-state index contributed by atoms with van der Waals surface area (Å²) in [4.78, 5) is 11.4. The molecular weight excluding hydrogens is 430 g/mol. The van der Waals surface area contributed by atoms with Gasteiger partial charge in [-0.05, 0) is 31.2 Å². The van der Waals surface area contributed by atoms with Crippen LogP contribution in [-0.2, 0) is 0 Å². The summed E-state index contributed by atoms with van der Waals surface area (Å²) >= 11 is 0. The zero-order valence-corrected chi connectivity index (χ0v) is 18.9. The molecule has 0 atom stereocenters. The summed E-state index contributed by atoms with van der Waals surface area (Å²) in [5, 5.41) is 12.7. The highest BCUT2D eigenvalue weighted by Crippen LogP contribution is 2.33. The summed E-state index contributed by atoms with van der Waals surface area (Å²) < 4.78 is 13.7. The first-order valence-electron chi connectivity index (χ1n) is 11.6. The quantitative estimate of drug-likeness (QED) is 0.412. The molecule has 34 heavy (non-hydrogen) atoms. The minimum atomic E-state index is 0.180. The number of H-pyrrole nitrogens is 1. The number of nitrogens with one attached hydrogen (secondary N) is 1. The maximum Gasteiger partial charge on any atom is 0.213 e. The van der Waals surface area contributed by atoms with E-state index in [4.69, 9.17) is 14.5 Å². The molecule has 0 aromatic carbocycles. The predicted octanol–water partition coefficient (Wildman–Crippen LogP) is 4.11. The lowest BCUT2D eigenvalue weighted by atomic mass is 10.1. The van der Waals surface area contributed by atoms with Gasteiger partial charge < -0.3 is 14.4 Å². The highest BCUT2D eigenvalue weighted by atomic mass is 16.5. The molecule has 1 saturated heterocycles. The van der Waals surface area contributed by atoms with Crippen molar-refractivity contribution in [2.45, 2.75) is 25.9 Å². The third-order valence-electron chi connectivity index (χ3n) is 6.16. The molecule has 1 aliphatic heterocycles. The van der Waals surface area contributed by atoms with E-state index in [2.05, 4.69) is 37.3 Å². The van der Waals surface area contributed by atoms with E-state index < -0.39 is 0 Å². The molecule has 0 unspecified atom stereocenters. The Kier molecular flexibility index (Phi) is 5.21. The number of aromatic nitrogens is 6. The van der Waals surface area contributed by atoms with Crippen molar-refractivity contribution in [2.24, 2.45) is 0 Å². The maximum atomic E-state index is 6.02. The zero-order valence-electron chi connectivity index (χ0n) is 18.9. The lowest BCUT2D eigenvalue weighted by molar-refractivity contribution is 0.164. The number of fused-ring (bicyclic) bond motifs is 3. The summed E-state index contributed by atoms with van der Waals surface area (Å²) in [6.45, 7) is 4.35. The number of ether oxygens (including phenoxy) is 2. The van der Waals surface area contributed by atoms with Crippen LogP contribution in [0.5, 0.6) is 11.6 Å². The zero-order chi connectivity index (χ0) is 22.9. The van der Waals surface area contributed by atoms with Gasteiger partial charge in [0.15, 0.2) is 5.65 Å². The molecule has 1 fully saturated rings. The predicted molar refractivity (Wildman–Crippen MR) is 129 cm³/mol. The summed E-state index contributed by atoms with van der Waals surface area (Å²) in [5.41, 5.74) is 3.74. The highest BCUT2D eigenvalue weighted by molar-refractivity contribution is 6.00. The molecule has 0 radical (unpaired) electrons. The average Bonchev–Trinajstić information content (AvgIpc) is 3.46. The second-order valence-corrected chi connectivity index (χ2v) is 8.33. The summed E-state index contributed by atoms with van der Waals surface area (Å²) in [5.74, 6) is 2.43. The lowest BCUT2D eigenvalue weighted by Crippen LogP contribution is -2.38. The van der Waals surface area contributed by atoms with Crippen LogP contribution in [0.1, 0.15) is 19.8 Å². The van der Waals surface area contributed by atoms with Crippen molar-refractivity contribution in [3.63, 3.8) is 0 Å². The third-order valence-corrected chi connectivity index (χ3v) is 6.16. The first-order valence-corrected chi connectivity index (χ1v) is 11.6. The number of hydrogen-bond donors (Lipinski definition) is 1. The Morgan fingerprint density at radius 3 is 2.76 bits per heavy atom. The molecule has 1 N–H and O–H groups in total. The van der Waals surface area contributed by atoms with E-state index in [1.807, 2.05) is 48.1 Å². The topological polar surface area (TPSA) is 93.5 Å². The second-order valence-electron chi connectivity index (χ2n) is 8.33. The molecular formula is C25H25N7O2. The van der Waals surface area contributed by atoms with Gasteiger partial charge in [0.1, 0.15) is 17.7 Å². The van der Waals surface area contributed by atoms with Crippen molar-refractivity contribution in [1.82, 2.24) is 29.8 Å². The molecule has 0 amide bonds. The Morgan fingerprint density at radius 1 is 1.09 bits per heavy atom. The molecule has 0 saturated carbocycles. The lowest BCUT2D eigenvalue weighted by Gasteiger charge is -2.32. The Hall–Kier alpha value is -4.14. The van der Waals surface area contributed by atoms with E-state index in [9.17, 15) is 0 Å². The van der Waals surface area contributed by atoms with Crippen LogP contribution in [0.2, 0.25) is 0 Å². The minimum Gasteiger partial charge on any atom is -0.492 e. The van der Waals surface area contributed by atoms with Gasteiger partial charge >= 0.3 is 0 Å². The molecule has 1 aliphatic rings. The third kappa shape index (κ3) is 3.79. The van der Waals surface area contributed by atoms with Crippen molar-refractivity contribution >= 4 is 22.4 Å². The van der Waals surface area contributed by atoms with Crippen LogP contribution >= 0.6 is 0 Å². The van der Waals surface area contributed by atoms with Crippen LogP contribution in [0, 0.1) is 0 Å². The molecule has 172 valence electrons. The second kappa shape index (κ2) is 8.66. The summed E-state index contributed by atoms with van der Waals surface area (Å²) in [6.07, 6.45) is 9.44. The number of rotatable bonds is 6. The van der Waals surface area contributed by atoms with Crippen LogP contribution in [0.15, 0.2) is 61.2 Å². The molecule has 0 bridgehead atoms. The van der Waals surface area contributed by atoms with Crippen LogP contribution < -0.4 is 14.4 Å². The van der Waals surface area contributed by atoms with Crippen molar-refractivity contribution < 1.29 is 9.47 Å². The van der Waals surface area contributed by atoms with Gasteiger partial charge in [0, 0.05) is 55.5 Å². The summed E-state index contributed by atoms with van der Waals surface area (Å²) in [6, 6.07) is 12.0. The fourth-order valence-corrected chi connectivity index (χ4v) is 4.53. The van der Waals surface area contributed by atoms with Crippen molar-refractivity contribution in [3.8, 4) is 22.8 Å². The minimum absolute atomic E-state index is 0.180. The molecule has 6 heterocycles. The van der Waals surface area contributed by atoms with E-state index in [0.29, 0.717) is 12.5 Å². The van der Waals surface area contributed by atoms with Gasteiger partial charge in [-0.3, -0.25) is 5.10 Å². The molecule has 6 rings (SSSR count). The molecule has 0 aliphatic carbocycles. The highest BCUT2D eigenvalue weighted by Gasteiger charge is 2.22. The van der Waals surface area contributed by atoms with E-state index in [1.165, 1.54) is 0 Å². The Morgan fingerprint density at radius 2 is 2.00 bits per heavy atom. The molecule has 0 spiro atoms. The van der Waals surface area contributed by atoms with Gasteiger partial charge in [0.25, 0.3) is 0 Å². The molecule has 9 nitrogen and oxygen atoms in total. The maximum absolute atomic E-state index is 6.02. The van der Waals surface area contributed by atoms with Crippen LogP contribution in [0.4, 0.5) is 5.82 Å². The van der Waals surface area contributed by atoms with Crippen molar-refractivity contribution in [1.29, 1.82) is 0 Å². The first-order chi connectivity index (χ1) is 16.8.